The lowest BCUT2D eigenvalue weighted by atomic mass is 10.0. The molecule has 6 nitrogen and oxygen atoms in total. The van der Waals surface area contributed by atoms with Crippen molar-refractivity contribution in [3.8, 4) is 0 Å². The van der Waals surface area contributed by atoms with E-state index in [0.29, 0.717) is 22.8 Å². The number of anilines is 2. The van der Waals surface area contributed by atoms with Crippen LogP contribution >= 0.6 is 23.2 Å². The van der Waals surface area contributed by atoms with Crippen LogP contribution < -0.4 is 16.0 Å². The summed E-state index contributed by atoms with van der Waals surface area (Å²) in [5.41, 5.74) is 1.50. The summed E-state index contributed by atoms with van der Waals surface area (Å²) in [6.45, 7) is 3.94. The van der Waals surface area contributed by atoms with E-state index in [1.807, 2.05) is 13.8 Å². The van der Waals surface area contributed by atoms with Crippen LogP contribution in [0.4, 0.5) is 11.4 Å². The zero-order chi connectivity index (χ0) is 22.5. The fourth-order valence-corrected chi connectivity index (χ4v) is 3.56. The second-order valence-electron chi connectivity index (χ2n) is 8.11. The Bertz CT molecular complexity index is 973. The molecule has 8 heteroatoms. The van der Waals surface area contributed by atoms with Crippen LogP contribution in [-0.2, 0) is 9.59 Å². The van der Waals surface area contributed by atoms with E-state index in [-0.39, 0.29) is 34.2 Å². The Morgan fingerprint density at radius 2 is 1.58 bits per heavy atom. The normalized spacial score (nSPS) is 14.1. The summed E-state index contributed by atoms with van der Waals surface area (Å²) < 4.78 is 0. The quantitative estimate of drug-likeness (QED) is 0.509. The molecule has 31 heavy (non-hydrogen) atoms. The third kappa shape index (κ3) is 6.71. The molecule has 2 aromatic carbocycles. The van der Waals surface area contributed by atoms with Gasteiger partial charge in [0.1, 0.15) is 6.04 Å². The molecule has 0 saturated heterocycles. The van der Waals surface area contributed by atoms with E-state index in [1.54, 1.807) is 30.3 Å². The highest BCUT2D eigenvalue weighted by Crippen LogP contribution is 2.30. The Kier molecular flexibility index (Phi) is 7.57. The maximum Gasteiger partial charge on any atom is 0.253 e. The van der Waals surface area contributed by atoms with Crippen molar-refractivity contribution < 1.29 is 14.4 Å². The van der Waals surface area contributed by atoms with Crippen LogP contribution in [0.15, 0.2) is 42.5 Å². The number of hydrogen-bond acceptors (Lipinski definition) is 3. The fraction of sp³-hybridized carbons (Fsp3) is 0.348. The number of amides is 3. The van der Waals surface area contributed by atoms with Gasteiger partial charge in [0.25, 0.3) is 5.91 Å². The number of nitrogens with one attached hydrogen (secondary N) is 3. The van der Waals surface area contributed by atoms with Crippen molar-refractivity contribution in [2.24, 2.45) is 11.8 Å². The van der Waals surface area contributed by atoms with E-state index in [9.17, 15) is 14.4 Å². The highest BCUT2D eigenvalue weighted by molar-refractivity contribution is 6.36. The van der Waals surface area contributed by atoms with Gasteiger partial charge < -0.3 is 16.0 Å². The first-order chi connectivity index (χ1) is 14.7. The van der Waals surface area contributed by atoms with Crippen LogP contribution in [-0.4, -0.2) is 23.8 Å². The van der Waals surface area contributed by atoms with Crippen LogP contribution in [0.25, 0.3) is 0 Å². The molecule has 1 saturated carbocycles. The molecule has 1 aliphatic rings. The van der Waals surface area contributed by atoms with Gasteiger partial charge in [0.05, 0.1) is 10.6 Å². The molecule has 1 fully saturated rings. The van der Waals surface area contributed by atoms with E-state index in [4.69, 9.17) is 23.2 Å². The summed E-state index contributed by atoms with van der Waals surface area (Å²) in [6, 6.07) is 10.7. The molecule has 0 aromatic heterocycles. The van der Waals surface area contributed by atoms with E-state index in [1.165, 1.54) is 12.1 Å². The van der Waals surface area contributed by atoms with E-state index in [0.717, 1.165) is 12.8 Å². The maximum absolute atomic E-state index is 12.9. The van der Waals surface area contributed by atoms with Gasteiger partial charge in [-0.25, -0.2) is 0 Å². The highest BCUT2D eigenvalue weighted by Gasteiger charge is 2.29. The molecule has 0 heterocycles. The topological polar surface area (TPSA) is 87.3 Å². The minimum absolute atomic E-state index is 0.0253. The second kappa shape index (κ2) is 10.2. The molecule has 1 aliphatic carbocycles. The summed E-state index contributed by atoms with van der Waals surface area (Å²) in [5, 5.41) is 9.09. The molecule has 0 radical (unpaired) electrons. The Morgan fingerprint density at radius 3 is 2.13 bits per heavy atom. The summed E-state index contributed by atoms with van der Waals surface area (Å²) in [6.07, 6.45) is 2.33. The van der Waals surface area contributed by atoms with Gasteiger partial charge in [0.15, 0.2) is 0 Å². The smallest absolute Gasteiger partial charge is 0.253 e. The number of benzene rings is 2. The van der Waals surface area contributed by atoms with Crippen LogP contribution in [0.2, 0.25) is 10.0 Å². The Morgan fingerprint density at radius 1 is 0.968 bits per heavy atom. The molecule has 2 aromatic rings. The average Bonchev–Trinajstić information content (AvgIpc) is 3.54. The van der Waals surface area contributed by atoms with Crippen LogP contribution in [0.3, 0.4) is 0 Å². The van der Waals surface area contributed by atoms with Crippen molar-refractivity contribution in [3.05, 3.63) is 58.1 Å². The summed E-state index contributed by atoms with van der Waals surface area (Å²) in [4.78, 5) is 37.4. The van der Waals surface area contributed by atoms with Gasteiger partial charge in [-0.3, -0.25) is 14.4 Å². The van der Waals surface area contributed by atoms with Crippen LogP contribution in [0, 0.1) is 11.8 Å². The molecule has 1 unspecified atom stereocenters. The maximum atomic E-state index is 12.9. The van der Waals surface area contributed by atoms with Crippen molar-refractivity contribution in [2.75, 3.05) is 10.6 Å². The first-order valence-electron chi connectivity index (χ1n) is 10.2. The molecule has 0 aliphatic heterocycles. The largest absolute Gasteiger partial charge is 0.340 e. The van der Waals surface area contributed by atoms with Gasteiger partial charge in [-0.1, -0.05) is 37.0 Å². The average molecular weight is 462 g/mol. The van der Waals surface area contributed by atoms with Crippen molar-refractivity contribution in [1.29, 1.82) is 0 Å². The lowest BCUT2D eigenvalue weighted by Crippen LogP contribution is -2.44. The van der Waals surface area contributed by atoms with Crippen LogP contribution in [0.5, 0.6) is 0 Å². The molecule has 164 valence electrons. The molecular weight excluding hydrogens is 437 g/mol. The number of halogens is 2. The predicted molar refractivity (Wildman–Crippen MR) is 124 cm³/mol. The highest BCUT2D eigenvalue weighted by atomic mass is 35.5. The van der Waals surface area contributed by atoms with Gasteiger partial charge in [-0.05, 0) is 67.6 Å². The summed E-state index contributed by atoms with van der Waals surface area (Å²) in [5.74, 6) is -0.453. The molecular formula is C23H25Cl2N3O3. The molecule has 3 rings (SSSR count). The van der Waals surface area contributed by atoms with Crippen molar-refractivity contribution in [2.45, 2.75) is 39.2 Å². The SMILES string of the molecule is CC(C)CC(NC(=O)c1ccc(Cl)cc1Cl)C(=O)Nc1ccc(NC(=O)C2CC2)cc1. The lowest BCUT2D eigenvalue weighted by molar-refractivity contribution is -0.118. The van der Waals surface area contributed by atoms with Gasteiger partial charge >= 0.3 is 0 Å². The van der Waals surface area contributed by atoms with Gasteiger partial charge in [-0.15, -0.1) is 0 Å². The predicted octanol–water partition coefficient (Wildman–Crippen LogP) is 5.13. The first-order valence-corrected chi connectivity index (χ1v) is 11.0. The molecule has 3 amide bonds. The van der Waals surface area contributed by atoms with Crippen LogP contribution in [0.1, 0.15) is 43.5 Å². The molecule has 0 spiro atoms. The summed E-state index contributed by atoms with van der Waals surface area (Å²) in [7, 11) is 0. The Hall–Kier alpha value is -2.57. The van der Waals surface area contributed by atoms with Gasteiger partial charge in [0.2, 0.25) is 11.8 Å². The van der Waals surface area contributed by atoms with Gasteiger partial charge in [0, 0.05) is 22.3 Å². The Balaban J connectivity index is 1.64. The monoisotopic (exact) mass is 461 g/mol. The lowest BCUT2D eigenvalue weighted by Gasteiger charge is -2.20. The minimum atomic E-state index is -0.742. The summed E-state index contributed by atoms with van der Waals surface area (Å²) >= 11 is 12.0. The first kappa shape index (κ1) is 23.1. The third-order valence-corrected chi connectivity index (χ3v) is 5.42. The second-order valence-corrected chi connectivity index (χ2v) is 8.95. The molecule has 3 N–H and O–H groups in total. The number of carbonyl (C=O) groups is 3. The van der Waals surface area contributed by atoms with Crippen molar-refractivity contribution in [3.63, 3.8) is 0 Å². The minimum Gasteiger partial charge on any atom is -0.340 e. The molecule has 0 bridgehead atoms. The fourth-order valence-electron chi connectivity index (χ4n) is 3.07. The number of rotatable bonds is 8. The van der Waals surface area contributed by atoms with E-state index < -0.39 is 11.9 Å². The number of carbonyl (C=O) groups excluding carboxylic acids is 3. The van der Waals surface area contributed by atoms with Gasteiger partial charge in [-0.2, -0.15) is 0 Å². The van der Waals surface area contributed by atoms with E-state index in [2.05, 4.69) is 16.0 Å². The number of hydrogen-bond donors (Lipinski definition) is 3. The zero-order valence-corrected chi connectivity index (χ0v) is 18.9. The zero-order valence-electron chi connectivity index (χ0n) is 17.4. The van der Waals surface area contributed by atoms with E-state index >= 15 is 0 Å². The van der Waals surface area contributed by atoms with Crippen molar-refractivity contribution >= 4 is 52.3 Å². The van der Waals surface area contributed by atoms with Crippen molar-refractivity contribution in [1.82, 2.24) is 5.32 Å². The third-order valence-electron chi connectivity index (χ3n) is 4.87. The standard InChI is InChI=1S/C23H25Cl2N3O3/c1-13(2)11-20(28-22(30)18-10-5-15(24)12-19(18)25)23(31)27-17-8-6-16(7-9-17)26-21(29)14-3-4-14/h5-10,12-14,20H,3-4,11H2,1-2H3,(H,26,29)(H,27,31)(H,28,30). The Labute approximate surface area is 191 Å². The molecule has 1 atom stereocenters.